The fourth-order valence-electron chi connectivity index (χ4n) is 8.45. The van der Waals surface area contributed by atoms with E-state index in [1.54, 1.807) is 0 Å². The van der Waals surface area contributed by atoms with Gasteiger partial charge < -0.3 is 19.1 Å². The molecular weight excluding hydrogens is 651 g/mol. The largest absolute Gasteiger partial charge is 0.457 e. The van der Waals surface area contributed by atoms with Gasteiger partial charge in [0.15, 0.2) is 11.5 Å². The molecule has 0 aromatic heterocycles. The highest BCUT2D eigenvalue weighted by Gasteiger charge is 2.50. The first kappa shape index (κ1) is 29.7. The zero-order valence-electron chi connectivity index (χ0n) is 28.6. The van der Waals surface area contributed by atoms with Gasteiger partial charge in [0.2, 0.25) is 0 Å². The van der Waals surface area contributed by atoms with Gasteiger partial charge in [-0.2, -0.15) is 0 Å². The van der Waals surface area contributed by atoms with E-state index in [9.17, 15) is 0 Å². The molecule has 0 bridgehead atoms. The number of ether oxygens (including phenoxy) is 3. The van der Waals surface area contributed by atoms with Crippen LogP contribution in [0.15, 0.2) is 188 Å². The van der Waals surface area contributed by atoms with E-state index >= 15 is 0 Å². The highest BCUT2D eigenvalue weighted by atomic mass is 16.5. The molecule has 8 aromatic rings. The van der Waals surface area contributed by atoms with Gasteiger partial charge in [0, 0.05) is 27.9 Å². The first-order valence-corrected chi connectivity index (χ1v) is 17.9. The molecule has 0 saturated carbocycles. The number of hydrogen-bond acceptors (Lipinski definition) is 4. The third-order valence-corrected chi connectivity index (χ3v) is 10.8. The minimum Gasteiger partial charge on any atom is -0.457 e. The molecule has 0 fully saturated rings. The van der Waals surface area contributed by atoms with E-state index in [1.807, 2.05) is 42.5 Å². The number of nitrogens with zero attached hydrogens (tertiary/aromatic N) is 1. The topological polar surface area (TPSA) is 30.9 Å². The molecule has 0 radical (unpaired) electrons. The minimum atomic E-state index is -0.666. The van der Waals surface area contributed by atoms with E-state index in [0.717, 1.165) is 96.1 Å². The van der Waals surface area contributed by atoms with Gasteiger partial charge >= 0.3 is 0 Å². The van der Waals surface area contributed by atoms with Gasteiger partial charge in [-0.3, -0.25) is 0 Å². The Balaban J connectivity index is 1.08. The molecule has 1 unspecified atom stereocenters. The van der Waals surface area contributed by atoms with Crippen LogP contribution in [-0.4, -0.2) is 0 Å². The van der Waals surface area contributed by atoms with Crippen molar-refractivity contribution >= 4 is 17.1 Å². The van der Waals surface area contributed by atoms with Crippen LogP contribution in [0.4, 0.5) is 17.1 Å². The maximum atomic E-state index is 6.84. The van der Waals surface area contributed by atoms with Crippen LogP contribution in [0.3, 0.4) is 0 Å². The van der Waals surface area contributed by atoms with Crippen LogP contribution in [0.25, 0.3) is 22.3 Å². The number of para-hydroxylation sites is 5. The monoisotopic (exact) mass is 681 g/mol. The summed E-state index contributed by atoms with van der Waals surface area (Å²) in [6, 6.07) is 65.6. The molecule has 0 aliphatic carbocycles. The van der Waals surface area contributed by atoms with Crippen molar-refractivity contribution < 1.29 is 14.2 Å². The minimum absolute atomic E-state index is 0.666. The molecule has 0 saturated heterocycles. The molecule has 3 heterocycles. The summed E-state index contributed by atoms with van der Waals surface area (Å²) in [5, 5.41) is 0. The first-order valence-electron chi connectivity index (χ1n) is 17.9. The highest BCUT2D eigenvalue weighted by molar-refractivity contribution is 5.88. The Kier molecular flexibility index (Phi) is 6.43. The molecule has 1 spiro atoms. The fourth-order valence-corrected chi connectivity index (χ4v) is 8.45. The molecule has 0 N–H and O–H groups in total. The molecule has 4 nitrogen and oxygen atoms in total. The van der Waals surface area contributed by atoms with E-state index in [-0.39, 0.29) is 0 Å². The van der Waals surface area contributed by atoms with Gasteiger partial charge in [-0.05, 0) is 82.9 Å². The normalized spacial score (nSPS) is 15.7. The van der Waals surface area contributed by atoms with Gasteiger partial charge in [0.05, 0.1) is 16.8 Å². The Morgan fingerprint density at radius 1 is 0.302 bits per heavy atom. The number of hydrogen-bond donors (Lipinski definition) is 0. The molecular formula is C49H31NO3. The lowest BCUT2D eigenvalue weighted by atomic mass is 9.62. The average molecular weight is 682 g/mol. The maximum Gasteiger partial charge on any atom is 0.152 e. The van der Waals surface area contributed by atoms with E-state index < -0.39 is 5.41 Å². The lowest BCUT2D eigenvalue weighted by Gasteiger charge is -2.45. The summed E-state index contributed by atoms with van der Waals surface area (Å²) < 4.78 is 20.2. The van der Waals surface area contributed by atoms with Crippen molar-refractivity contribution in [2.24, 2.45) is 0 Å². The zero-order valence-corrected chi connectivity index (χ0v) is 28.6. The first-order chi connectivity index (χ1) is 26.3. The van der Waals surface area contributed by atoms with Crippen molar-refractivity contribution in [3.8, 4) is 56.8 Å². The second kappa shape index (κ2) is 11.5. The van der Waals surface area contributed by atoms with Crippen LogP contribution in [0.2, 0.25) is 0 Å². The zero-order chi connectivity index (χ0) is 34.9. The van der Waals surface area contributed by atoms with Gasteiger partial charge in [-0.1, -0.05) is 127 Å². The van der Waals surface area contributed by atoms with Crippen molar-refractivity contribution in [3.05, 3.63) is 210 Å². The van der Waals surface area contributed by atoms with Crippen molar-refractivity contribution in [2.75, 3.05) is 4.90 Å². The molecule has 0 amide bonds. The van der Waals surface area contributed by atoms with Gasteiger partial charge in [-0.15, -0.1) is 0 Å². The quantitative estimate of drug-likeness (QED) is 0.186. The lowest BCUT2D eigenvalue weighted by molar-refractivity contribution is 0.399. The Labute approximate surface area is 307 Å². The third-order valence-electron chi connectivity index (χ3n) is 10.8. The van der Waals surface area contributed by atoms with Crippen molar-refractivity contribution in [1.82, 2.24) is 0 Å². The number of anilines is 3. The Morgan fingerprint density at radius 3 is 1.38 bits per heavy atom. The molecule has 4 heteroatoms. The standard InChI is InChI=1S/C49H31NO3/c1-3-13-32(14-4-1)33-23-26-39-46(29-33)51-43-20-10-7-17-37(43)49(39)38-18-8-11-21-44(38)52-47-30-34(24-27-40(47)49)35-25-28-42-48(31-35)53-45-22-12-9-19-41(45)50(42)36-15-5-2-6-16-36/h1-31H. The van der Waals surface area contributed by atoms with Crippen molar-refractivity contribution in [3.63, 3.8) is 0 Å². The van der Waals surface area contributed by atoms with E-state index in [2.05, 4.69) is 150 Å². The van der Waals surface area contributed by atoms with Crippen LogP contribution < -0.4 is 19.1 Å². The molecule has 250 valence electrons. The summed E-state index contributed by atoms with van der Waals surface area (Å²) in [6.07, 6.45) is 0. The maximum absolute atomic E-state index is 6.84. The number of benzene rings is 8. The lowest BCUT2D eigenvalue weighted by Crippen LogP contribution is -2.36. The third kappa shape index (κ3) is 4.42. The average Bonchev–Trinajstić information content (AvgIpc) is 3.22. The second-order valence-corrected chi connectivity index (χ2v) is 13.7. The SMILES string of the molecule is c1ccc(-c2ccc3c(c2)Oc2ccccc2C32c3ccccc3Oc3cc(-c4ccc5c(c4)Oc4ccccc4N5c4ccccc4)ccc32)cc1. The van der Waals surface area contributed by atoms with E-state index in [0.29, 0.717) is 0 Å². The smallest absolute Gasteiger partial charge is 0.152 e. The summed E-state index contributed by atoms with van der Waals surface area (Å²) >= 11 is 0. The summed E-state index contributed by atoms with van der Waals surface area (Å²) in [4.78, 5) is 2.26. The Morgan fingerprint density at radius 2 is 0.736 bits per heavy atom. The molecule has 53 heavy (non-hydrogen) atoms. The van der Waals surface area contributed by atoms with Crippen LogP contribution in [0, 0.1) is 0 Å². The fraction of sp³-hybridized carbons (Fsp3) is 0.0204. The molecule has 11 rings (SSSR count). The van der Waals surface area contributed by atoms with Crippen molar-refractivity contribution in [2.45, 2.75) is 5.41 Å². The number of rotatable bonds is 3. The van der Waals surface area contributed by atoms with Crippen LogP contribution in [-0.2, 0) is 5.41 Å². The highest BCUT2D eigenvalue weighted by Crippen LogP contribution is 2.62. The predicted molar refractivity (Wildman–Crippen MR) is 211 cm³/mol. The van der Waals surface area contributed by atoms with Crippen molar-refractivity contribution in [1.29, 1.82) is 0 Å². The van der Waals surface area contributed by atoms with E-state index in [4.69, 9.17) is 14.2 Å². The Bertz CT molecular complexity index is 2710. The summed E-state index contributed by atoms with van der Waals surface area (Å²) in [6.45, 7) is 0. The van der Waals surface area contributed by atoms with Gasteiger partial charge in [-0.25, -0.2) is 0 Å². The molecule has 3 aliphatic rings. The summed E-state index contributed by atoms with van der Waals surface area (Å²) in [5.41, 5.74) is 11.1. The predicted octanol–water partition coefficient (Wildman–Crippen LogP) is 13.2. The molecule has 3 aliphatic heterocycles. The summed E-state index contributed by atoms with van der Waals surface area (Å²) in [5.74, 6) is 4.94. The number of fused-ring (bicyclic) bond motifs is 10. The van der Waals surface area contributed by atoms with Crippen LogP contribution in [0.1, 0.15) is 22.3 Å². The Hall–Kier alpha value is -7.04. The molecule has 8 aromatic carbocycles. The van der Waals surface area contributed by atoms with Crippen LogP contribution >= 0.6 is 0 Å². The summed E-state index contributed by atoms with van der Waals surface area (Å²) in [7, 11) is 0. The second-order valence-electron chi connectivity index (χ2n) is 13.7. The van der Waals surface area contributed by atoms with E-state index in [1.165, 1.54) is 0 Å². The van der Waals surface area contributed by atoms with Gasteiger partial charge in [0.1, 0.15) is 23.0 Å². The molecule has 1 atom stereocenters. The van der Waals surface area contributed by atoms with Crippen LogP contribution in [0.5, 0.6) is 34.5 Å². The van der Waals surface area contributed by atoms with Gasteiger partial charge in [0.25, 0.3) is 0 Å².